The Morgan fingerprint density at radius 3 is 2.28 bits per heavy atom. The SMILES string of the molecule is CCN1CCN(C(=O)N(Cc2ccc(C(=O)NO)cc2)c2cccc(C(F)(F)F)c2)CC1. The average molecular weight is 450 g/mol. The molecule has 0 radical (unpaired) electrons. The molecule has 2 aromatic rings. The number of nitrogens with zero attached hydrogens (tertiary/aromatic N) is 3. The van der Waals surface area contributed by atoms with Crippen molar-refractivity contribution in [1.82, 2.24) is 15.3 Å². The van der Waals surface area contributed by atoms with Crippen LogP contribution in [0.3, 0.4) is 0 Å². The van der Waals surface area contributed by atoms with Gasteiger partial charge in [0.25, 0.3) is 5.91 Å². The average Bonchev–Trinajstić information content (AvgIpc) is 2.81. The Hall–Kier alpha value is -3.11. The molecule has 0 aliphatic carbocycles. The number of carbonyl (C=O) groups excluding carboxylic acids is 2. The molecule has 32 heavy (non-hydrogen) atoms. The predicted molar refractivity (Wildman–Crippen MR) is 112 cm³/mol. The second-order valence-corrected chi connectivity index (χ2v) is 7.48. The van der Waals surface area contributed by atoms with Crippen molar-refractivity contribution in [3.8, 4) is 0 Å². The highest BCUT2D eigenvalue weighted by Crippen LogP contribution is 2.32. The molecule has 2 N–H and O–H groups in total. The molecule has 1 aliphatic rings. The number of halogens is 3. The van der Waals surface area contributed by atoms with E-state index in [1.165, 1.54) is 34.6 Å². The number of piperazine rings is 1. The van der Waals surface area contributed by atoms with Gasteiger partial charge in [0.1, 0.15) is 0 Å². The molecule has 0 atom stereocenters. The van der Waals surface area contributed by atoms with E-state index in [4.69, 9.17) is 5.21 Å². The minimum atomic E-state index is -4.53. The van der Waals surface area contributed by atoms with Crippen LogP contribution < -0.4 is 10.4 Å². The summed E-state index contributed by atoms with van der Waals surface area (Å²) in [6.45, 7) is 5.29. The lowest BCUT2D eigenvalue weighted by Gasteiger charge is -2.37. The van der Waals surface area contributed by atoms with Gasteiger partial charge < -0.3 is 9.80 Å². The molecular formula is C22H25F3N4O3. The van der Waals surface area contributed by atoms with Crippen molar-refractivity contribution in [2.75, 3.05) is 37.6 Å². The molecule has 3 rings (SSSR count). The smallest absolute Gasteiger partial charge is 0.322 e. The van der Waals surface area contributed by atoms with E-state index in [-0.39, 0.29) is 23.8 Å². The molecule has 3 amide bonds. The number of urea groups is 1. The number of hydrogen-bond donors (Lipinski definition) is 2. The monoisotopic (exact) mass is 450 g/mol. The van der Waals surface area contributed by atoms with E-state index >= 15 is 0 Å². The predicted octanol–water partition coefficient (Wildman–Crippen LogP) is 3.59. The van der Waals surface area contributed by atoms with Gasteiger partial charge in [0.05, 0.1) is 12.1 Å². The molecule has 1 fully saturated rings. The fourth-order valence-corrected chi connectivity index (χ4v) is 3.55. The van der Waals surface area contributed by atoms with Gasteiger partial charge in [-0.3, -0.25) is 14.9 Å². The van der Waals surface area contributed by atoms with Gasteiger partial charge in [-0.1, -0.05) is 25.1 Å². The maximum absolute atomic E-state index is 13.3. The fraction of sp³-hybridized carbons (Fsp3) is 0.364. The van der Waals surface area contributed by atoms with Gasteiger partial charge in [0, 0.05) is 37.4 Å². The molecule has 0 saturated carbocycles. The van der Waals surface area contributed by atoms with E-state index in [9.17, 15) is 22.8 Å². The lowest BCUT2D eigenvalue weighted by Crippen LogP contribution is -2.52. The van der Waals surface area contributed by atoms with Crippen LogP contribution in [-0.4, -0.2) is 59.7 Å². The van der Waals surface area contributed by atoms with Gasteiger partial charge in [0.15, 0.2) is 0 Å². The third-order valence-electron chi connectivity index (χ3n) is 5.46. The van der Waals surface area contributed by atoms with Crippen LogP contribution in [0.1, 0.15) is 28.4 Å². The second-order valence-electron chi connectivity index (χ2n) is 7.48. The molecule has 0 bridgehead atoms. The maximum Gasteiger partial charge on any atom is 0.416 e. The van der Waals surface area contributed by atoms with Crippen LogP contribution in [0.5, 0.6) is 0 Å². The zero-order valence-electron chi connectivity index (χ0n) is 17.6. The summed E-state index contributed by atoms with van der Waals surface area (Å²) in [5.41, 5.74) is 1.68. The van der Waals surface area contributed by atoms with E-state index in [0.717, 1.165) is 18.7 Å². The molecule has 7 nitrogen and oxygen atoms in total. The summed E-state index contributed by atoms with van der Waals surface area (Å²) >= 11 is 0. The Labute approximate surface area is 184 Å². The summed E-state index contributed by atoms with van der Waals surface area (Å²) in [6.07, 6.45) is -4.53. The summed E-state index contributed by atoms with van der Waals surface area (Å²) in [6, 6.07) is 10.4. The van der Waals surface area contributed by atoms with Crippen molar-refractivity contribution in [2.24, 2.45) is 0 Å². The molecule has 10 heteroatoms. The zero-order valence-corrected chi connectivity index (χ0v) is 17.6. The topological polar surface area (TPSA) is 76.1 Å². The number of likely N-dealkylation sites (N-methyl/N-ethyl adjacent to an activating group) is 1. The van der Waals surface area contributed by atoms with Gasteiger partial charge in [-0.2, -0.15) is 13.2 Å². The van der Waals surface area contributed by atoms with Crippen LogP contribution in [-0.2, 0) is 12.7 Å². The highest BCUT2D eigenvalue weighted by Gasteiger charge is 2.32. The summed E-state index contributed by atoms with van der Waals surface area (Å²) in [4.78, 5) is 30.0. The minimum Gasteiger partial charge on any atom is -0.322 e. The van der Waals surface area contributed by atoms with E-state index in [1.54, 1.807) is 17.0 Å². The van der Waals surface area contributed by atoms with Gasteiger partial charge in [0.2, 0.25) is 0 Å². The van der Waals surface area contributed by atoms with Crippen molar-refractivity contribution in [1.29, 1.82) is 0 Å². The molecule has 1 heterocycles. The van der Waals surface area contributed by atoms with E-state index < -0.39 is 17.6 Å². The fourth-order valence-electron chi connectivity index (χ4n) is 3.55. The Kier molecular flexibility index (Phi) is 7.37. The number of amides is 3. The van der Waals surface area contributed by atoms with Gasteiger partial charge in [-0.15, -0.1) is 0 Å². The number of hydroxylamine groups is 1. The van der Waals surface area contributed by atoms with E-state index in [1.807, 2.05) is 6.92 Å². The summed E-state index contributed by atoms with van der Waals surface area (Å²) < 4.78 is 39.8. The summed E-state index contributed by atoms with van der Waals surface area (Å²) in [5, 5.41) is 8.74. The molecule has 2 aromatic carbocycles. The Morgan fingerprint density at radius 2 is 1.72 bits per heavy atom. The number of alkyl halides is 3. The van der Waals surface area contributed by atoms with Crippen molar-refractivity contribution in [3.63, 3.8) is 0 Å². The molecular weight excluding hydrogens is 425 g/mol. The molecule has 0 spiro atoms. The van der Waals surface area contributed by atoms with Crippen molar-refractivity contribution >= 4 is 17.6 Å². The van der Waals surface area contributed by atoms with Crippen LogP contribution in [0.2, 0.25) is 0 Å². The Balaban J connectivity index is 1.89. The molecule has 0 aromatic heterocycles. The summed E-state index contributed by atoms with van der Waals surface area (Å²) in [7, 11) is 0. The highest BCUT2D eigenvalue weighted by molar-refractivity contribution is 5.94. The second kappa shape index (κ2) is 10.0. The first-order chi connectivity index (χ1) is 15.2. The van der Waals surface area contributed by atoms with Gasteiger partial charge in [-0.05, 0) is 42.4 Å². The maximum atomic E-state index is 13.3. The van der Waals surface area contributed by atoms with Gasteiger partial charge in [-0.25, -0.2) is 10.3 Å². The van der Waals surface area contributed by atoms with Gasteiger partial charge >= 0.3 is 12.2 Å². The third-order valence-corrected chi connectivity index (χ3v) is 5.46. The molecule has 1 saturated heterocycles. The Bertz CT molecular complexity index is 942. The van der Waals surface area contributed by atoms with Crippen LogP contribution in [0, 0.1) is 0 Å². The highest BCUT2D eigenvalue weighted by atomic mass is 19.4. The number of carbonyl (C=O) groups is 2. The zero-order chi connectivity index (χ0) is 23.3. The largest absolute Gasteiger partial charge is 0.416 e. The third kappa shape index (κ3) is 5.57. The number of anilines is 1. The number of rotatable bonds is 5. The van der Waals surface area contributed by atoms with Crippen LogP contribution in [0.4, 0.5) is 23.7 Å². The van der Waals surface area contributed by atoms with Crippen molar-refractivity contribution in [2.45, 2.75) is 19.6 Å². The first-order valence-electron chi connectivity index (χ1n) is 10.2. The Morgan fingerprint density at radius 1 is 1.06 bits per heavy atom. The number of hydrogen-bond acceptors (Lipinski definition) is 4. The first kappa shape index (κ1) is 23.6. The van der Waals surface area contributed by atoms with Crippen LogP contribution >= 0.6 is 0 Å². The molecule has 0 unspecified atom stereocenters. The quantitative estimate of drug-likeness (QED) is 0.539. The van der Waals surface area contributed by atoms with Crippen LogP contribution in [0.25, 0.3) is 0 Å². The first-order valence-corrected chi connectivity index (χ1v) is 10.2. The van der Waals surface area contributed by atoms with E-state index in [0.29, 0.717) is 31.7 Å². The van der Waals surface area contributed by atoms with E-state index in [2.05, 4.69) is 4.90 Å². The van der Waals surface area contributed by atoms with Crippen molar-refractivity contribution in [3.05, 3.63) is 65.2 Å². The van der Waals surface area contributed by atoms with Crippen molar-refractivity contribution < 1.29 is 28.0 Å². The summed E-state index contributed by atoms with van der Waals surface area (Å²) in [5.74, 6) is -0.684. The standard InChI is InChI=1S/C22H25F3N4O3/c1-2-27-10-12-28(13-11-27)21(31)29(19-5-3-4-18(14-19)22(23,24)25)15-16-6-8-17(9-7-16)20(30)26-32/h3-9,14,32H,2,10-13,15H2,1H3,(H,26,30). The van der Waals surface area contributed by atoms with Crippen LogP contribution in [0.15, 0.2) is 48.5 Å². The molecule has 1 aliphatic heterocycles. The lowest BCUT2D eigenvalue weighted by atomic mass is 10.1. The number of nitrogens with one attached hydrogen (secondary N) is 1. The minimum absolute atomic E-state index is 0.0230. The molecule has 172 valence electrons. The number of benzene rings is 2. The normalized spacial score (nSPS) is 14.8. The lowest BCUT2D eigenvalue weighted by molar-refractivity contribution is -0.137.